The molecule has 1 aromatic rings. The Balaban J connectivity index is 1.90. The second-order valence-electron chi connectivity index (χ2n) is 4.81. The van der Waals surface area contributed by atoms with Crippen molar-refractivity contribution in [2.75, 3.05) is 25.1 Å². The molecule has 0 bridgehead atoms. The van der Waals surface area contributed by atoms with Crippen LogP contribution < -0.4 is 5.32 Å². The van der Waals surface area contributed by atoms with Gasteiger partial charge in [0.1, 0.15) is 16.1 Å². The van der Waals surface area contributed by atoms with Gasteiger partial charge in [0, 0.05) is 5.92 Å². The molecule has 2 heterocycles. The molecule has 0 saturated carbocycles. The predicted octanol–water partition coefficient (Wildman–Crippen LogP) is 1.12. The Hall–Kier alpha value is -0.880. The second kappa shape index (κ2) is 5.84. The van der Waals surface area contributed by atoms with Gasteiger partial charge in [0.05, 0.1) is 17.2 Å². The summed E-state index contributed by atoms with van der Waals surface area (Å²) in [5.74, 6) is 1.40. The molecular weight excluding hydrogens is 252 g/mol. The highest BCUT2D eigenvalue weighted by molar-refractivity contribution is 7.91. The van der Waals surface area contributed by atoms with Crippen LogP contribution in [-0.4, -0.2) is 38.5 Å². The van der Waals surface area contributed by atoms with Crippen LogP contribution in [0.3, 0.4) is 0 Å². The van der Waals surface area contributed by atoms with Crippen LogP contribution in [0.25, 0.3) is 0 Å². The number of sulfone groups is 1. The van der Waals surface area contributed by atoms with Crippen molar-refractivity contribution in [3.63, 3.8) is 0 Å². The van der Waals surface area contributed by atoms with Crippen molar-refractivity contribution in [3.8, 4) is 0 Å². The molecule has 0 atom stereocenters. The van der Waals surface area contributed by atoms with Gasteiger partial charge in [-0.25, -0.2) is 13.4 Å². The first-order valence-corrected chi connectivity index (χ1v) is 8.22. The summed E-state index contributed by atoms with van der Waals surface area (Å²) in [7, 11) is -0.885. The predicted molar refractivity (Wildman–Crippen MR) is 69.4 cm³/mol. The first-order chi connectivity index (χ1) is 8.61. The summed E-state index contributed by atoms with van der Waals surface area (Å²) >= 11 is 0. The third-order valence-electron chi connectivity index (χ3n) is 3.33. The molecule has 0 aromatic carbocycles. The molecule has 1 aromatic heterocycles. The zero-order valence-corrected chi connectivity index (χ0v) is 11.5. The van der Waals surface area contributed by atoms with Gasteiger partial charge in [0.15, 0.2) is 5.89 Å². The van der Waals surface area contributed by atoms with Gasteiger partial charge in [-0.2, -0.15) is 0 Å². The maximum absolute atomic E-state index is 11.3. The van der Waals surface area contributed by atoms with E-state index in [1.165, 1.54) is 0 Å². The van der Waals surface area contributed by atoms with Crippen molar-refractivity contribution >= 4 is 9.84 Å². The van der Waals surface area contributed by atoms with E-state index < -0.39 is 9.84 Å². The summed E-state index contributed by atoms with van der Waals surface area (Å²) in [6.07, 6.45) is 4.91. The molecule has 2 rings (SSSR count). The van der Waals surface area contributed by atoms with E-state index in [-0.39, 0.29) is 17.4 Å². The normalized spacial score (nSPS) is 20.1. The Morgan fingerprint density at radius 3 is 2.83 bits per heavy atom. The Morgan fingerprint density at radius 2 is 2.17 bits per heavy atom. The third-order valence-corrected chi connectivity index (χ3v) is 5.05. The van der Waals surface area contributed by atoms with Crippen molar-refractivity contribution in [2.24, 2.45) is 0 Å². The van der Waals surface area contributed by atoms with Gasteiger partial charge in [-0.3, -0.25) is 0 Å². The SMILES string of the molecule is CNCCCc1coc(C2CCS(=O)(=O)CC2)n1. The molecular formula is C12H20N2O3S. The van der Waals surface area contributed by atoms with Gasteiger partial charge in [0.2, 0.25) is 0 Å². The van der Waals surface area contributed by atoms with Crippen LogP contribution >= 0.6 is 0 Å². The number of hydrogen-bond acceptors (Lipinski definition) is 5. The fourth-order valence-electron chi connectivity index (χ4n) is 2.21. The summed E-state index contributed by atoms with van der Waals surface area (Å²) in [4.78, 5) is 4.46. The molecule has 1 aliphatic rings. The van der Waals surface area contributed by atoms with E-state index in [0.717, 1.165) is 25.1 Å². The lowest BCUT2D eigenvalue weighted by Gasteiger charge is -2.18. The van der Waals surface area contributed by atoms with Crippen LogP contribution in [0.1, 0.15) is 36.8 Å². The van der Waals surface area contributed by atoms with Crippen LogP contribution in [0.2, 0.25) is 0 Å². The average Bonchev–Trinajstić information content (AvgIpc) is 2.78. The van der Waals surface area contributed by atoms with Crippen molar-refractivity contribution in [2.45, 2.75) is 31.6 Å². The van der Waals surface area contributed by atoms with Crippen LogP contribution in [-0.2, 0) is 16.3 Å². The van der Waals surface area contributed by atoms with Gasteiger partial charge >= 0.3 is 0 Å². The number of oxazole rings is 1. The van der Waals surface area contributed by atoms with Crippen LogP contribution in [0.15, 0.2) is 10.7 Å². The molecule has 102 valence electrons. The number of nitrogens with one attached hydrogen (secondary N) is 1. The molecule has 0 unspecified atom stereocenters. The summed E-state index contributed by atoms with van der Waals surface area (Å²) in [6.45, 7) is 0.962. The van der Waals surface area contributed by atoms with E-state index in [1.807, 2.05) is 7.05 Å². The van der Waals surface area contributed by atoms with Crippen LogP contribution in [0.4, 0.5) is 0 Å². The number of aromatic nitrogens is 1. The lowest BCUT2D eigenvalue weighted by Crippen LogP contribution is -2.22. The van der Waals surface area contributed by atoms with Gasteiger partial charge in [-0.1, -0.05) is 0 Å². The Morgan fingerprint density at radius 1 is 1.44 bits per heavy atom. The number of hydrogen-bond donors (Lipinski definition) is 1. The minimum absolute atomic E-state index is 0.173. The Labute approximate surface area is 108 Å². The number of nitrogens with zero attached hydrogens (tertiary/aromatic N) is 1. The van der Waals surface area contributed by atoms with E-state index in [1.54, 1.807) is 6.26 Å². The number of rotatable bonds is 5. The zero-order chi connectivity index (χ0) is 13.0. The maximum Gasteiger partial charge on any atom is 0.197 e. The summed E-state index contributed by atoms with van der Waals surface area (Å²) in [5.41, 5.74) is 0.966. The van der Waals surface area contributed by atoms with E-state index >= 15 is 0 Å². The molecule has 5 nitrogen and oxygen atoms in total. The van der Waals surface area contributed by atoms with E-state index in [4.69, 9.17) is 4.42 Å². The highest BCUT2D eigenvalue weighted by atomic mass is 32.2. The molecule has 1 fully saturated rings. The van der Waals surface area contributed by atoms with Crippen LogP contribution in [0, 0.1) is 0 Å². The third kappa shape index (κ3) is 3.55. The van der Waals surface area contributed by atoms with Gasteiger partial charge in [-0.05, 0) is 39.3 Å². The Bertz CT molecular complexity index is 467. The van der Waals surface area contributed by atoms with Gasteiger partial charge < -0.3 is 9.73 Å². The maximum atomic E-state index is 11.3. The molecule has 18 heavy (non-hydrogen) atoms. The van der Waals surface area contributed by atoms with E-state index in [9.17, 15) is 8.42 Å². The monoisotopic (exact) mass is 272 g/mol. The lowest BCUT2D eigenvalue weighted by atomic mass is 10.0. The molecule has 6 heteroatoms. The summed E-state index contributed by atoms with van der Waals surface area (Å²) in [5, 5.41) is 3.09. The lowest BCUT2D eigenvalue weighted by molar-refractivity contribution is 0.423. The van der Waals surface area contributed by atoms with Gasteiger partial charge in [-0.15, -0.1) is 0 Å². The smallest absolute Gasteiger partial charge is 0.197 e. The molecule has 1 aliphatic heterocycles. The van der Waals surface area contributed by atoms with E-state index in [0.29, 0.717) is 18.7 Å². The minimum atomic E-state index is -2.81. The molecule has 0 amide bonds. The minimum Gasteiger partial charge on any atom is -0.448 e. The van der Waals surface area contributed by atoms with E-state index in [2.05, 4.69) is 10.3 Å². The standard InChI is InChI=1S/C12H20N2O3S/c1-13-6-2-3-11-9-17-12(14-11)10-4-7-18(15,16)8-5-10/h9-10,13H,2-8H2,1H3. The fourth-order valence-corrected chi connectivity index (χ4v) is 3.70. The largest absolute Gasteiger partial charge is 0.448 e. The molecule has 0 spiro atoms. The van der Waals surface area contributed by atoms with Crippen molar-refractivity contribution < 1.29 is 12.8 Å². The highest BCUT2D eigenvalue weighted by Gasteiger charge is 2.27. The first kappa shape index (κ1) is 13.5. The summed E-state index contributed by atoms with van der Waals surface area (Å²) in [6, 6.07) is 0. The van der Waals surface area contributed by atoms with Crippen molar-refractivity contribution in [1.29, 1.82) is 0 Å². The molecule has 1 saturated heterocycles. The summed E-state index contributed by atoms with van der Waals surface area (Å²) < 4.78 is 28.2. The van der Waals surface area contributed by atoms with Crippen LogP contribution in [0.5, 0.6) is 0 Å². The van der Waals surface area contributed by atoms with Crippen molar-refractivity contribution in [1.82, 2.24) is 10.3 Å². The first-order valence-electron chi connectivity index (χ1n) is 6.40. The topological polar surface area (TPSA) is 72.2 Å². The molecule has 1 N–H and O–H groups in total. The van der Waals surface area contributed by atoms with Crippen molar-refractivity contribution in [3.05, 3.63) is 17.8 Å². The fraction of sp³-hybridized carbons (Fsp3) is 0.750. The van der Waals surface area contributed by atoms with Gasteiger partial charge in [0.25, 0.3) is 0 Å². The number of aryl methyl sites for hydroxylation is 1. The highest BCUT2D eigenvalue weighted by Crippen LogP contribution is 2.28. The molecule has 0 radical (unpaired) electrons. The molecule has 0 aliphatic carbocycles. The quantitative estimate of drug-likeness (QED) is 0.813. The Kier molecular flexibility index (Phi) is 4.40. The second-order valence-corrected chi connectivity index (χ2v) is 7.11. The average molecular weight is 272 g/mol. The zero-order valence-electron chi connectivity index (χ0n) is 10.7.